The molecule has 0 unspecified atom stereocenters. The summed E-state index contributed by atoms with van der Waals surface area (Å²) < 4.78 is 13.2. The van der Waals surface area contributed by atoms with Crippen LogP contribution in [0.1, 0.15) is 17.5 Å². The van der Waals surface area contributed by atoms with Crippen molar-refractivity contribution in [3.63, 3.8) is 0 Å². The molecule has 1 saturated heterocycles. The van der Waals surface area contributed by atoms with Gasteiger partial charge in [0.05, 0.1) is 12.9 Å². The van der Waals surface area contributed by atoms with E-state index in [0.717, 1.165) is 50.4 Å². The van der Waals surface area contributed by atoms with Crippen molar-refractivity contribution in [3.05, 3.63) is 96.4 Å². The molecule has 1 fully saturated rings. The maximum Gasteiger partial charge on any atom is 0.225 e. The highest BCUT2D eigenvalue weighted by Gasteiger charge is 2.21. The van der Waals surface area contributed by atoms with Crippen LogP contribution in [0.5, 0.6) is 0 Å². The lowest BCUT2D eigenvalue weighted by molar-refractivity contribution is 0.120. The number of furan rings is 1. The number of nitrogens with one attached hydrogen (secondary N) is 1. The average Bonchev–Trinajstić information content (AvgIpc) is 3.68. The minimum absolute atomic E-state index is 0.553. The molecule has 0 atom stereocenters. The molecule has 39 heavy (non-hydrogen) atoms. The van der Waals surface area contributed by atoms with Crippen LogP contribution in [0.2, 0.25) is 0 Å². The monoisotopic (exact) mass is 523 g/mol. The smallest absolute Gasteiger partial charge is 0.225 e. The minimum Gasteiger partial charge on any atom is -0.461 e. The van der Waals surface area contributed by atoms with Crippen molar-refractivity contribution in [2.75, 3.05) is 49.5 Å². The Labute approximate surface area is 228 Å². The Hall–Kier alpha value is -4.21. The third kappa shape index (κ3) is 6.10. The summed E-state index contributed by atoms with van der Waals surface area (Å²) in [6.07, 6.45) is 4.41. The summed E-state index contributed by atoms with van der Waals surface area (Å²) in [6, 6.07) is 24.6. The number of aromatic nitrogens is 4. The second kappa shape index (κ2) is 12.1. The highest BCUT2D eigenvalue weighted by Crippen LogP contribution is 2.22. The van der Waals surface area contributed by atoms with Gasteiger partial charge >= 0.3 is 0 Å². The van der Waals surface area contributed by atoms with Gasteiger partial charge in [0.2, 0.25) is 11.8 Å². The quantitative estimate of drug-likeness (QED) is 0.249. The fourth-order valence-corrected chi connectivity index (χ4v) is 4.84. The maximum absolute atomic E-state index is 5.82. The third-order valence-corrected chi connectivity index (χ3v) is 6.93. The number of nitrogens with zero attached hydrogens (tertiary/aromatic N) is 6. The van der Waals surface area contributed by atoms with Gasteiger partial charge in [-0.25, -0.2) is 9.97 Å². The Balaban J connectivity index is 1.11. The zero-order valence-corrected chi connectivity index (χ0v) is 21.9. The maximum atomic E-state index is 5.82. The SMILES string of the molecule is c1ccc(COCCCNc2ncc(CN3CCN(c4ccccc4)CC3)c3nc(-c4ccco4)nn23)cc1. The van der Waals surface area contributed by atoms with Crippen molar-refractivity contribution in [2.45, 2.75) is 19.6 Å². The van der Waals surface area contributed by atoms with Gasteiger partial charge in [-0.1, -0.05) is 48.5 Å². The molecule has 0 amide bonds. The van der Waals surface area contributed by atoms with Crippen LogP contribution < -0.4 is 10.2 Å². The molecule has 1 aliphatic heterocycles. The van der Waals surface area contributed by atoms with Crippen molar-refractivity contribution in [1.82, 2.24) is 24.5 Å². The van der Waals surface area contributed by atoms with E-state index in [-0.39, 0.29) is 0 Å². The Morgan fingerprint density at radius 2 is 1.69 bits per heavy atom. The van der Waals surface area contributed by atoms with E-state index < -0.39 is 0 Å². The van der Waals surface area contributed by atoms with Crippen LogP contribution in [-0.4, -0.2) is 63.8 Å². The Kier molecular flexibility index (Phi) is 7.79. The third-order valence-electron chi connectivity index (χ3n) is 6.93. The van der Waals surface area contributed by atoms with Gasteiger partial charge in [0.25, 0.3) is 0 Å². The molecule has 6 rings (SSSR count). The van der Waals surface area contributed by atoms with Crippen molar-refractivity contribution in [3.8, 4) is 11.6 Å². The lowest BCUT2D eigenvalue weighted by atomic mass is 10.2. The van der Waals surface area contributed by atoms with E-state index >= 15 is 0 Å². The standard InChI is InChI=1S/C30H33N7O2/c1-3-9-24(10-4-1)23-38-19-8-14-31-30-32-21-25(29-33-28(34-37(29)30)27-13-7-20-39-27)22-35-15-17-36(18-16-35)26-11-5-2-6-12-26/h1-7,9-13,20-21H,8,14-19,22-23H2,(H,31,32). The van der Waals surface area contributed by atoms with Gasteiger partial charge < -0.3 is 19.4 Å². The number of anilines is 2. The summed E-state index contributed by atoms with van der Waals surface area (Å²) in [7, 11) is 0. The molecule has 3 aromatic heterocycles. The van der Waals surface area contributed by atoms with Gasteiger partial charge in [0, 0.05) is 63.3 Å². The van der Waals surface area contributed by atoms with Gasteiger partial charge in [-0.3, -0.25) is 4.90 Å². The minimum atomic E-state index is 0.553. The highest BCUT2D eigenvalue weighted by molar-refractivity contribution is 5.58. The van der Waals surface area contributed by atoms with Crippen LogP contribution in [0.3, 0.4) is 0 Å². The van der Waals surface area contributed by atoms with E-state index in [2.05, 4.69) is 57.6 Å². The zero-order valence-electron chi connectivity index (χ0n) is 21.9. The second-order valence-corrected chi connectivity index (χ2v) is 9.67. The first kappa shape index (κ1) is 25.1. The van der Waals surface area contributed by atoms with Crippen molar-refractivity contribution < 1.29 is 9.15 Å². The van der Waals surface area contributed by atoms with E-state index in [4.69, 9.17) is 24.2 Å². The number of benzene rings is 2. The van der Waals surface area contributed by atoms with Crippen LogP contribution in [0.4, 0.5) is 11.6 Å². The van der Waals surface area contributed by atoms with Gasteiger partial charge in [-0.05, 0) is 36.2 Å². The molecule has 5 aromatic rings. The molecule has 1 N–H and O–H groups in total. The van der Waals surface area contributed by atoms with Crippen LogP contribution in [-0.2, 0) is 17.9 Å². The first-order chi connectivity index (χ1) is 19.3. The number of hydrogen-bond acceptors (Lipinski definition) is 8. The summed E-state index contributed by atoms with van der Waals surface area (Å²) in [5.74, 6) is 1.86. The van der Waals surface area contributed by atoms with E-state index in [9.17, 15) is 0 Å². The molecule has 4 heterocycles. The Morgan fingerprint density at radius 3 is 2.46 bits per heavy atom. The van der Waals surface area contributed by atoms with Crippen LogP contribution >= 0.6 is 0 Å². The number of piperazine rings is 1. The molecule has 0 saturated carbocycles. The molecule has 9 heteroatoms. The molecule has 200 valence electrons. The molecule has 0 aliphatic carbocycles. The van der Waals surface area contributed by atoms with Crippen molar-refractivity contribution in [1.29, 1.82) is 0 Å². The van der Waals surface area contributed by atoms with Crippen LogP contribution in [0.15, 0.2) is 89.7 Å². The summed E-state index contributed by atoms with van der Waals surface area (Å²) in [4.78, 5) is 14.5. The predicted octanol–water partition coefficient (Wildman–Crippen LogP) is 4.73. The number of rotatable bonds is 11. The molecular formula is C30H33N7O2. The molecule has 0 radical (unpaired) electrons. The normalized spacial score (nSPS) is 14.2. The number of para-hydroxylation sites is 1. The second-order valence-electron chi connectivity index (χ2n) is 9.67. The van der Waals surface area contributed by atoms with E-state index in [1.165, 1.54) is 11.3 Å². The number of hydrogen-bond donors (Lipinski definition) is 1. The van der Waals surface area contributed by atoms with Gasteiger partial charge in [-0.15, -0.1) is 5.10 Å². The molecule has 0 bridgehead atoms. The van der Waals surface area contributed by atoms with E-state index in [1.54, 1.807) is 10.8 Å². The summed E-state index contributed by atoms with van der Waals surface area (Å²) in [6.45, 7) is 6.69. The first-order valence-electron chi connectivity index (χ1n) is 13.5. The highest BCUT2D eigenvalue weighted by atomic mass is 16.5. The fourth-order valence-electron chi connectivity index (χ4n) is 4.84. The average molecular weight is 524 g/mol. The topological polar surface area (TPSA) is 84.0 Å². The fraction of sp³-hybridized carbons (Fsp3) is 0.300. The van der Waals surface area contributed by atoms with Crippen molar-refractivity contribution >= 4 is 17.3 Å². The van der Waals surface area contributed by atoms with Gasteiger partial charge in [0.15, 0.2) is 11.4 Å². The molecule has 0 spiro atoms. The predicted molar refractivity (Wildman–Crippen MR) is 152 cm³/mol. The lowest BCUT2D eigenvalue weighted by Crippen LogP contribution is -2.46. The summed E-state index contributed by atoms with van der Waals surface area (Å²) >= 11 is 0. The largest absolute Gasteiger partial charge is 0.461 e. The Bertz CT molecular complexity index is 1450. The molecule has 2 aromatic carbocycles. The number of fused-ring (bicyclic) bond motifs is 1. The zero-order chi connectivity index (χ0) is 26.3. The van der Waals surface area contributed by atoms with E-state index in [1.807, 2.05) is 36.5 Å². The van der Waals surface area contributed by atoms with Crippen LogP contribution in [0.25, 0.3) is 17.2 Å². The first-order valence-corrected chi connectivity index (χ1v) is 13.5. The van der Waals surface area contributed by atoms with Gasteiger partial charge in [0.1, 0.15) is 0 Å². The number of ether oxygens (including phenoxy) is 1. The van der Waals surface area contributed by atoms with E-state index in [0.29, 0.717) is 37.3 Å². The van der Waals surface area contributed by atoms with Crippen molar-refractivity contribution in [2.24, 2.45) is 0 Å². The lowest BCUT2D eigenvalue weighted by Gasteiger charge is -2.36. The summed E-state index contributed by atoms with van der Waals surface area (Å²) in [5.41, 5.74) is 4.30. The molecule has 1 aliphatic rings. The molecular weight excluding hydrogens is 490 g/mol. The summed E-state index contributed by atoms with van der Waals surface area (Å²) in [5, 5.41) is 8.16. The van der Waals surface area contributed by atoms with Crippen LogP contribution in [0, 0.1) is 0 Å². The van der Waals surface area contributed by atoms with Gasteiger partial charge in [-0.2, -0.15) is 4.52 Å². The Morgan fingerprint density at radius 1 is 0.897 bits per heavy atom. The molecule has 9 nitrogen and oxygen atoms in total.